The quantitative estimate of drug-likeness (QED) is 0.485. The van der Waals surface area contributed by atoms with Crippen molar-refractivity contribution < 1.29 is 9.72 Å². The highest BCUT2D eigenvalue weighted by Gasteiger charge is 2.30. The van der Waals surface area contributed by atoms with Crippen LogP contribution in [0, 0.1) is 16.0 Å². The maximum Gasteiger partial charge on any atom is 0.319 e. The third-order valence-corrected chi connectivity index (χ3v) is 4.17. The molecule has 1 aliphatic rings. The van der Waals surface area contributed by atoms with E-state index in [1.54, 1.807) is 4.90 Å². The molecule has 1 fully saturated rings. The van der Waals surface area contributed by atoms with E-state index in [9.17, 15) is 14.9 Å². The van der Waals surface area contributed by atoms with Crippen molar-refractivity contribution in [2.24, 2.45) is 5.92 Å². The number of amides is 1. The zero-order chi connectivity index (χ0) is 15.4. The monoisotopic (exact) mass is 311 g/mol. The number of aromatic nitrogens is 1. The Balaban J connectivity index is 2.15. The molecule has 0 atom stereocenters. The van der Waals surface area contributed by atoms with Crippen LogP contribution in [0.1, 0.15) is 43.0 Å². The summed E-state index contributed by atoms with van der Waals surface area (Å²) in [4.78, 5) is 28.3. The first-order valence-corrected chi connectivity index (χ1v) is 7.50. The first-order chi connectivity index (χ1) is 10.0. The SMILES string of the molecule is CCCC1CCN(C(=O)c2ccnc(Cl)c2[N+](=O)[O-])CC1. The van der Waals surface area contributed by atoms with E-state index < -0.39 is 10.6 Å². The minimum atomic E-state index is -0.646. The fraction of sp³-hybridized carbons (Fsp3) is 0.571. The van der Waals surface area contributed by atoms with Crippen molar-refractivity contribution >= 4 is 23.2 Å². The summed E-state index contributed by atoms with van der Waals surface area (Å²) < 4.78 is 0. The van der Waals surface area contributed by atoms with Crippen molar-refractivity contribution in [1.82, 2.24) is 9.88 Å². The summed E-state index contributed by atoms with van der Waals surface area (Å²) in [7, 11) is 0. The average Bonchev–Trinajstić information content (AvgIpc) is 2.47. The van der Waals surface area contributed by atoms with Crippen LogP contribution in [0.3, 0.4) is 0 Å². The lowest BCUT2D eigenvalue weighted by molar-refractivity contribution is -0.385. The smallest absolute Gasteiger partial charge is 0.319 e. The van der Waals surface area contributed by atoms with Crippen LogP contribution in [0.25, 0.3) is 0 Å². The fourth-order valence-electron chi connectivity index (χ4n) is 2.78. The van der Waals surface area contributed by atoms with Crippen LogP contribution in [0.5, 0.6) is 0 Å². The standard InChI is InChI=1S/C14H18ClN3O3/c1-2-3-10-5-8-17(9-6-10)14(19)11-4-7-16-13(15)12(11)18(20)21/h4,7,10H,2-3,5-6,8-9H2,1H3. The molecule has 0 bridgehead atoms. The largest absolute Gasteiger partial charge is 0.338 e. The van der Waals surface area contributed by atoms with Gasteiger partial charge in [-0.2, -0.15) is 0 Å². The van der Waals surface area contributed by atoms with Crippen molar-refractivity contribution in [1.29, 1.82) is 0 Å². The minimum Gasteiger partial charge on any atom is -0.338 e. The molecule has 0 aliphatic carbocycles. The van der Waals surface area contributed by atoms with E-state index in [-0.39, 0.29) is 16.6 Å². The summed E-state index contributed by atoms with van der Waals surface area (Å²) in [5, 5.41) is 10.8. The Hall–Kier alpha value is -1.69. The molecule has 0 aromatic carbocycles. The van der Waals surface area contributed by atoms with Gasteiger partial charge in [0.2, 0.25) is 5.15 Å². The second-order valence-electron chi connectivity index (χ2n) is 5.28. The van der Waals surface area contributed by atoms with Crippen LogP contribution in [-0.4, -0.2) is 33.8 Å². The number of carbonyl (C=O) groups excluding carboxylic acids is 1. The third kappa shape index (κ3) is 3.50. The van der Waals surface area contributed by atoms with E-state index in [2.05, 4.69) is 11.9 Å². The molecule has 0 saturated carbocycles. The van der Waals surface area contributed by atoms with Gasteiger partial charge in [0, 0.05) is 19.3 Å². The van der Waals surface area contributed by atoms with Crippen molar-refractivity contribution in [3.05, 3.63) is 33.1 Å². The van der Waals surface area contributed by atoms with Gasteiger partial charge in [0.15, 0.2) is 0 Å². The Morgan fingerprint density at radius 3 is 2.76 bits per heavy atom. The summed E-state index contributed by atoms with van der Waals surface area (Å²) in [6.45, 7) is 3.43. The van der Waals surface area contributed by atoms with Gasteiger partial charge in [-0.25, -0.2) is 4.98 Å². The van der Waals surface area contributed by atoms with Crippen LogP contribution in [-0.2, 0) is 0 Å². The van der Waals surface area contributed by atoms with Gasteiger partial charge in [-0.15, -0.1) is 0 Å². The van der Waals surface area contributed by atoms with E-state index in [1.807, 2.05) is 0 Å². The number of hydrogen-bond donors (Lipinski definition) is 0. The molecule has 1 aliphatic heterocycles. The lowest BCUT2D eigenvalue weighted by Crippen LogP contribution is -2.38. The van der Waals surface area contributed by atoms with Crippen molar-refractivity contribution in [2.75, 3.05) is 13.1 Å². The van der Waals surface area contributed by atoms with Crippen molar-refractivity contribution in [3.8, 4) is 0 Å². The first kappa shape index (κ1) is 15.7. The van der Waals surface area contributed by atoms with E-state index in [1.165, 1.54) is 18.7 Å². The van der Waals surface area contributed by atoms with Gasteiger partial charge in [-0.3, -0.25) is 14.9 Å². The Kier molecular flexibility index (Phi) is 5.12. The summed E-state index contributed by atoms with van der Waals surface area (Å²) >= 11 is 5.75. The summed E-state index contributed by atoms with van der Waals surface area (Å²) in [5.41, 5.74) is -0.381. The lowest BCUT2D eigenvalue weighted by Gasteiger charge is -2.31. The molecule has 1 amide bonds. The molecule has 1 aromatic heterocycles. The second kappa shape index (κ2) is 6.85. The molecule has 6 nitrogen and oxygen atoms in total. The Bertz CT molecular complexity index is 542. The number of likely N-dealkylation sites (tertiary alicyclic amines) is 1. The highest BCUT2D eigenvalue weighted by molar-refractivity contribution is 6.32. The summed E-state index contributed by atoms with van der Waals surface area (Å²) in [6.07, 6.45) is 5.54. The van der Waals surface area contributed by atoms with E-state index in [0.717, 1.165) is 19.3 Å². The molecule has 0 radical (unpaired) electrons. The van der Waals surface area contributed by atoms with E-state index >= 15 is 0 Å². The van der Waals surface area contributed by atoms with E-state index in [0.29, 0.717) is 19.0 Å². The highest BCUT2D eigenvalue weighted by Crippen LogP contribution is 2.29. The number of halogens is 1. The maximum absolute atomic E-state index is 12.5. The molecule has 1 aromatic rings. The highest BCUT2D eigenvalue weighted by atomic mass is 35.5. The van der Waals surface area contributed by atoms with Gasteiger partial charge in [-0.1, -0.05) is 31.4 Å². The maximum atomic E-state index is 12.5. The van der Waals surface area contributed by atoms with Crippen molar-refractivity contribution in [2.45, 2.75) is 32.6 Å². The average molecular weight is 312 g/mol. The lowest BCUT2D eigenvalue weighted by atomic mass is 9.92. The molecule has 0 N–H and O–H groups in total. The molecule has 0 spiro atoms. The van der Waals surface area contributed by atoms with Crippen molar-refractivity contribution in [3.63, 3.8) is 0 Å². The number of nitrogens with zero attached hydrogens (tertiary/aromatic N) is 3. The number of carbonyl (C=O) groups is 1. The Morgan fingerprint density at radius 1 is 1.52 bits per heavy atom. The summed E-state index contributed by atoms with van der Waals surface area (Å²) in [6, 6.07) is 1.37. The van der Waals surface area contributed by atoms with Crippen LogP contribution in [0.15, 0.2) is 12.3 Å². The van der Waals surface area contributed by atoms with Crippen LogP contribution in [0.2, 0.25) is 5.15 Å². The van der Waals surface area contributed by atoms with Gasteiger partial charge >= 0.3 is 5.69 Å². The number of rotatable bonds is 4. The molecule has 1 saturated heterocycles. The number of hydrogen-bond acceptors (Lipinski definition) is 4. The number of nitro groups is 1. The zero-order valence-corrected chi connectivity index (χ0v) is 12.7. The van der Waals surface area contributed by atoms with Gasteiger partial charge in [0.1, 0.15) is 5.56 Å². The molecule has 2 rings (SSSR count). The van der Waals surface area contributed by atoms with Crippen LogP contribution < -0.4 is 0 Å². The van der Waals surface area contributed by atoms with Gasteiger partial charge in [0.05, 0.1) is 4.92 Å². The molecule has 2 heterocycles. The molecule has 0 unspecified atom stereocenters. The Labute approximate surface area is 128 Å². The second-order valence-corrected chi connectivity index (χ2v) is 5.64. The predicted octanol–water partition coefficient (Wildman–Crippen LogP) is 3.30. The summed E-state index contributed by atoms with van der Waals surface area (Å²) in [5.74, 6) is 0.316. The van der Waals surface area contributed by atoms with Gasteiger partial charge in [0.25, 0.3) is 5.91 Å². The molecular weight excluding hydrogens is 294 g/mol. The van der Waals surface area contributed by atoms with E-state index in [4.69, 9.17) is 11.6 Å². The zero-order valence-electron chi connectivity index (χ0n) is 11.9. The number of piperidine rings is 1. The molecule has 21 heavy (non-hydrogen) atoms. The van der Waals surface area contributed by atoms with Crippen LogP contribution >= 0.6 is 11.6 Å². The Morgan fingerprint density at radius 2 is 2.19 bits per heavy atom. The number of pyridine rings is 1. The first-order valence-electron chi connectivity index (χ1n) is 7.12. The fourth-order valence-corrected chi connectivity index (χ4v) is 3.01. The minimum absolute atomic E-state index is 0.0222. The predicted molar refractivity (Wildman–Crippen MR) is 79.4 cm³/mol. The topological polar surface area (TPSA) is 76.3 Å². The molecule has 7 heteroatoms. The normalized spacial score (nSPS) is 16.0. The molecular formula is C14H18ClN3O3. The van der Waals surface area contributed by atoms with Crippen LogP contribution in [0.4, 0.5) is 5.69 Å². The van der Waals surface area contributed by atoms with Gasteiger partial charge < -0.3 is 4.90 Å². The van der Waals surface area contributed by atoms with Gasteiger partial charge in [-0.05, 0) is 24.8 Å². The third-order valence-electron chi connectivity index (χ3n) is 3.89. The molecule has 114 valence electrons.